The fourth-order valence-electron chi connectivity index (χ4n) is 4.58. The summed E-state index contributed by atoms with van der Waals surface area (Å²) in [4.78, 5) is 12.0. The second-order valence-corrected chi connectivity index (χ2v) is 10.1. The number of aliphatic hydroxyl groups excluding tert-OH is 1. The van der Waals surface area contributed by atoms with Crippen molar-refractivity contribution in [1.29, 1.82) is 0 Å². The summed E-state index contributed by atoms with van der Waals surface area (Å²) < 4.78 is 21.4. The molecule has 3 N–H and O–H groups in total. The Labute approximate surface area is 246 Å². The second kappa shape index (κ2) is 20.9. The second-order valence-electron chi connectivity index (χ2n) is 10.1. The van der Waals surface area contributed by atoms with Gasteiger partial charge >= 0.3 is 0 Å². The molecule has 2 aliphatic heterocycles. The van der Waals surface area contributed by atoms with Gasteiger partial charge in [0.1, 0.15) is 18.1 Å². The van der Waals surface area contributed by atoms with E-state index in [1.54, 1.807) is 21.3 Å². The number of aliphatic hydroxyl groups is 1. The molecule has 2 aromatic carbocycles. The van der Waals surface area contributed by atoms with Crippen molar-refractivity contribution in [2.45, 2.75) is 51.6 Å². The highest BCUT2D eigenvalue weighted by molar-refractivity contribution is 5.72. The van der Waals surface area contributed by atoms with Crippen LogP contribution in [-0.2, 0) is 20.9 Å². The molecule has 0 unspecified atom stereocenters. The molecular formula is C32H51N3O6. The number of hydrogen-bond acceptors (Lipinski definition) is 8. The number of fused-ring (bicyclic) bond motifs is 1. The molecule has 0 saturated carbocycles. The number of piperidine rings is 1. The highest BCUT2D eigenvalue weighted by Crippen LogP contribution is 2.32. The van der Waals surface area contributed by atoms with E-state index in [0.29, 0.717) is 0 Å². The highest BCUT2D eigenvalue weighted by Gasteiger charge is 2.18. The lowest BCUT2D eigenvalue weighted by atomic mass is 9.90. The summed E-state index contributed by atoms with van der Waals surface area (Å²) >= 11 is 0. The Morgan fingerprint density at radius 2 is 1.68 bits per heavy atom. The number of rotatable bonds is 12. The topological polar surface area (TPSA) is 102 Å². The Balaban J connectivity index is 0.000000248. The van der Waals surface area contributed by atoms with Crippen molar-refractivity contribution < 1.29 is 28.8 Å². The van der Waals surface area contributed by atoms with Crippen LogP contribution in [0.4, 0.5) is 5.69 Å². The first-order chi connectivity index (χ1) is 20.0. The lowest BCUT2D eigenvalue weighted by Gasteiger charge is -2.31. The highest BCUT2D eigenvalue weighted by atomic mass is 16.5. The first-order valence-electron chi connectivity index (χ1n) is 14.7. The Bertz CT molecular complexity index is 966. The van der Waals surface area contributed by atoms with Crippen LogP contribution in [0.5, 0.6) is 11.5 Å². The molecule has 0 radical (unpaired) electrons. The van der Waals surface area contributed by atoms with E-state index in [9.17, 15) is 4.79 Å². The van der Waals surface area contributed by atoms with E-state index in [-0.39, 0.29) is 12.5 Å². The van der Waals surface area contributed by atoms with Crippen molar-refractivity contribution in [2.75, 3.05) is 78.8 Å². The monoisotopic (exact) mass is 573 g/mol. The molecule has 0 aliphatic carbocycles. The smallest absolute Gasteiger partial charge is 0.216 e. The molecule has 9 heteroatoms. The maximum atomic E-state index is 9.70. The van der Waals surface area contributed by atoms with E-state index < -0.39 is 0 Å². The molecule has 2 aromatic rings. The van der Waals surface area contributed by atoms with E-state index in [0.717, 1.165) is 101 Å². The minimum Gasteiger partial charge on any atom is -0.494 e. The average molecular weight is 574 g/mol. The minimum atomic E-state index is 0.00463. The van der Waals surface area contributed by atoms with Crippen LogP contribution < -0.4 is 25.0 Å². The fraction of sp³-hybridized carbons (Fsp3) is 0.594. The normalized spacial score (nSPS) is 14.4. The number of hydrogen-bond donors (Lipinski definition) is 3. The van der Waals surface area contributed by atoms with Gasteiger partial charge in [0, 0.05) is 47.9 Å². The zero-order valence-electron chi connectivity index (χ0n) is 25.5. The van der Waals surface area contributed by atoms with Crippen molar-refractivity contribution in [3.8, 4) is 11.5 Å². The summed E-state index contributed by atoms with van der Waals surface area (Å²) in [5.74, 6) is 2.61. The maximum Gasteiger partial charge on any atom is 0.216 e. The van der Waals surface area contributed by atoms with Gasteiger partial charge in [-0.1, -0.05) is 18.2 Å². The standard InChI is InChI=1S/C16H25NO2.C13H19NO3.C3H7NO/c1-18-12-2-3-13-19-16-6-4-14(5-7-16)15-8-10-17-11-9-15;1-16-7-2-5-14-6-8-17-13-4-3-11(10-15)9-12(13)14;1-3(5)4-2/h4-7,15,17H,2-3,8-13H2,1H3;3-4,9,15H,2,5-8,10H2,1H3;1-2H3,(H,4,5). The molecule has 9 nitrogen and oxygen atoms in total. The number of anilines is 1. The first-order valence-corrected chi connectivity index (χ1v) is 14.7. The van der Waals surface area contributed by atoms with Crippen LogP contribution in [-0.4, -0.2) is 84.9 Å². The summed E-state index contributed by atoms with van der Waals surface area (Å²) in [5, 5.41) is 15.0. The number of unbranched alkanes of at least 4 members (excludes halogenated alkanes) is 1. The quantitative estimate of drug-likeness (QED) is 0.326. The summed E-state index contributed by atoms with van der Waals surface area (Å²) in [6.07, 6.45) is 5.60. The third kappa shape index (κ3) is 13.6. The predicted molar refractivity (Wildman–Crippen MR) is 164 cm³/mol. The van der Waals surface area contributed by atoms with Gasteiger partial charge in [0.2, 0.25) is 5.91 Å². The molecule has 0 bridgehead atoms. The van der Waals surface area contributed by atoms with Crippen molar-refractivity contribution in [3.63, 3.8) is 0 Å². The van der Waals surface area contributed by atoms with Crippen LogP contribution in [0.2, 0.25) is 0 Å². The van der Waals surface area contributed by atoms with Gasteiger partial charge in [0.05, 0.1) is 25.4 Å². The van der Waals surface area contributed by atoms with Crippen LogP contribution in [0.3, 0.4) is 0 Å². The van der Waals surface area contributed by atoms with E-state index in [4.69, 9.17) is 24.1 Å². The van der Waals surface area contributed by atoms with Crippen LogP contribution in [0, 0.1) is 0 Å². The number of nitrogens with one attached hydrogen (secondary N) is 2. The molecule has 1 amide bonds. The molecular weight excluding hydrogens is 522 g/mol. The van der Waals surface area contributed by atoms with Gasteiger partial charge in [-0.25, -0.2) is 0 Å². The summed E-state index contributed by atoms with van der Waals surface area (Å²) in [5.41, 5.74) is 3.46. The van der Waals surface area contributed by atoms with Gasteiger partial charge < -0.3 is 39.6 Å². The number of benzene rings is 2. The number of amides is 1. The number of carbonyl (C=O) groups excluding carboxylic acids is 1. The van der Waals surface area contributed by atoms with Gasteiger partial charge in [-0.05, 0) is 86.5 Å². The molecule has 1 saturated heterocycles. The molecule has 0 spiro atoms. The lowest BCUT2D eigenvalue weighted by Crippen LogP contribution is -2.34. The number of nitrogens with zero attached hydrogens (tertiary/aromatic N) is 1. The zero-order valence-corrected chi connectivity index (χ0v) is 25.5. The van der Waals surface area contributed by atoms with Crippen LogP contribution in [0.1, 0.15) is 56.1 Å². The van der Waals surface area contributed by atoms with E-state index >= 15 is 0 Å². The maximum absolute atomic E-state index is 9.70. The molecule has 41 heavy (non-hydrogen) atoms. The first kappa shape index (κ1) is 34.4. The summed E-state index contributed by atoms with van der Waals surface area (Å²) in [6, 6.07) is 14.5. The third-order valence-corrected chi connectivity index (χ3v) is 7.00. The van der Waals surface area contributed by atoms with E-state index in [1.165, 1.54) is 25.3 Å². The van der Waals surface area contributed by atoms with Crippen molar-refractivity contribution in [3.05, 3.63) is 53.6 Å². The number of carbonyl (C=O) groups is 1. The fourth-order valence-corrected chi connectivity index (χ4v) is 4.58. The number of methoxy groups -OCH3 is 2. The van der Waals surface area contributed by atoms with Gasteiger partial charge in [0.15, 0.2) is 0 Å². The van der Waals surface area contributed by atoms with E-state index in [1.807, 2.05) is 18.2 Å². The predicted octanol–water partition coefficient (Wildman–Crippen LogP) is 4.13. The van der Waals surface area contributed by atoms with Crippen LogP contribution in [0.15, 0.2) is 42.5 Å². The number of ether oxygens (including phenoxy) is 4. The van der Waals surface area contributed by atoms with Crippen LogP contribution in [0.25, 0.3) is 0 Å². The third-order valence-electron chi connectivity index (χ3n) is 7.00. The minimum absolute atomic E-state index is 0.00463. The SMILES string of the molecule is CNC(C)=O.COCCCCOc1ccc(C2CCNCC2)cc1.COCCCN1CCOc2ccc(CO)cc21. The molecule has 0 atom stereocenters. The van der Waals surface area contributed by atoms with Gasteiger partial charge in [-0.3, -0.25) is 4.79 Å². The molecule has 230 valence electrons. The molecule has 2 aliphatic rings. The summed E-state index contributed by atoms with van der Waals surface area (Å²) in [7, 11) is 5.06. The Morgan fingerprint density at radius 3 is 2.32 bits per heavy atom. The zero-order chi connectivity index (χ0) is 29.7. The molecule has 4 rings (SSSR count). The van der Waals surface area contributed by atoms with E-state index in [2.05, 4.69) is 39.8 Å². The van der Waals surface area contributed by atoms with Crippen molar-refractivity contribution in [1.82, 2.24) is 10.6 Å². The van der Waals surface area contributed by atoms with Gasteiger partial charge in [-0.2, -0.15) is 0 Å². The molecule has 1 fully saturated rings. The Morgan fingerprint density at radius 1 is 1.02 bits per heavy atom. The summed E-state index contributed by atoms with van der Waals surface area (Å²) in [6.45, 7) is 8.76. The van der Waals surface area contributed by atoms with Crippen LogP contribution >= 0.6 is 0 Å². The van der Waals surface area contributed by atoms with Crippen molar-refractivity contribution >= 4 is 11.6 Å². The Hall–Kier alpha value is -2.85. The lowest BCUT2D eigenvalue weighted by molar-refractivity contribution is -0.118. The van der Waals surface area contributed by atoms with Gasteiger partial charge in [-0.15, -0.1) is 0 Å². The largest absolute Gasteiger partial charge is 0.494 e. The average Bonchev–Trinajstić information content (AvgIpc) is 3.02. The Kier molecular flexibility index (Phi) is 17.5. The molecule has 2 heterocycles. The molecule has 0 aromatic heterocycles. The van der Waals surface area contributed by atoms with Gasteiger partial charge in [0.25, 0.3) is 0 Å². The van der Waals surface area contributed by atoms with Crippen molar-refractivity contribution in [2.24, 2.45) is 0 Å².